The summed E-state index contributed by atoms with van der Waals surface area (Å²) in [5, 5.41) is 7.65. The van der Waals surface area contributed by atoms with Gasteiger partial charge in [0.25, 0.3) is 0 Å². The molecule has 0 atom stereocenters. The molecule has 3 heterocycles. The molecule has 9 aromatic rings. The van der Waals surface area contributed by atoms with Crippen molar-refractivity contribution in [3.63, 3.8) is 0 Å². The van der Waals surface area contributed by atoms with Crippen LogP contribution in [0.15, 0.2) is 127 Å². The van der Waals surface area contributed by atoms with Crippen LogP contribution in [0.5, 0.6) is 0 Å². The van der Waals surface area contributed by atoms with Crippen molar-refractivity contribution >= 4 is 75.9 Å². The number of hydrogen-bond donors (Lipinski definition) is 0. The Morgan fingerprint density at radius 3 is 2.21 bits per heavy atom. The van der Waals surface area contributed by atoms with Crippen molar-refractivity contribution in [3.05, 3.63) is 127 Å². The predicted molar refractivity (Wildman–Crippen MR) is 166 cm³/mol. The van der Waals surface area contributed by atoms with Crippen LogP contribution in [0.4, 0.5) is 0 Å². The van der Waals surface area contributed by atoms with E-state index in [4.69, 9.17) is 0 Å². The van der Waals surface area contributed by atoms with Crippen molar-refractivity contribution in [1.82, 2.24) is 14.1 Å². The van der Waals surface area contributed by atoms with E-state index >= 15 is 0 Å². The molecule has 3 aromatic heterocycles. The third-order valence-electron chi connectivity index (χ3n) is 8.04. The van der Waals surface area contributed by atoms with E-state index in [0.29, 0.717) is 0 Å². The highest BCUT2D eigenvalue weighted by molar-refractivity contribution is 7.17. The van der Waals surface area contributed by atoms with Crippen LogP contribution in [0.2, 0.25) is 0 Å². The van der Waals surface area contributed by atoms with E-state index in [1.807, 2.05) is 5.51 Å². The molecule has 0 fully saturated rings. The lowest BCUT2D eigenvalue weighted by Crippen LogP contribution is -1.95. The highest BCUT2D eigenvalue weighted by atomic mass is 32.1. The zero-order valence-corrected chi connectivity index (χ0v) is 21.7. The third kappa shape index (κ3) is 2.78. The van der Waals surface area contributed by atoms with E-state index < -0.39 is 0 Å². The minimum Gasteiger partial charge on any atom is -0.309 e. The fraction of sp³-hybridized carbons (Fsp3) is 0. The Kier molecular flexibility index (Phi) is 4.21. The molecule has 0 spiro atoms. The molecule has 0 aliphatic heterocycles. The number of benzene rings is 6. The zero-order chi connectivity index (χ0) is 25.5. The molecule has 0 bridgehead atoms. The van der Waals surface area contributed by atoms with Gasteiger partial charge in [-0.2, -0.15) is 0 Å². The molecular formula is C35H21N3S. The van der Waals surface area contributed by atoms with Crippen LogP contribution in [0, 0.1) is 0 Å². The second kappa shape index (κ2) is 7.79. The lowest BCUT2D eigenvalue weighted by atomic mass is 10.0. The molecule has 9 rings (SSSR count). The second-order valence-electron chi connectivity index (χ2n) is 10.0. The van der Waals surface area contributed by atoms with Gasteiger partial charge in [0.05, 0.1) is 43.5 Å². The molecule has 0 saturated carbocycles. The fourth-order valence-corrected chi connectivity index (χ4v) is 7.27. The highest BCUT2D eigenvalue weighted by Gasteiger charge is 2.22. The maximum absolute atomic E-state index is 4.61. The summed E-state index contributed by atoms with van der Waals surface area (Å²) < 4.78 is 6.09. The first-order valence-corrected chi connectivity index (χ1v) is 14.0. The molecule has 0 saturated heterocycles. The number of rotatable bonds is 2. The van der Waals surface area contributed by atoms with Crippen LogP contribution < -0.4 is 0 Å². The number of para-hydroxylation sites is 2. The summed E-state index contributed by atoms with van der Waals surface area (Å²) in [4.78, 5) is 4.61. The number of nitrogens with zero attached hydrogens (tertiary/aromatic N) is 3. The molecule has 0 unspecified atom stereocenters. The smallest absolute Gasteiger partial charge is 0.0833 e. The Morgan fingerprint density at radius 1 is 0.513 bits per heavy atom. The largest absolute Gasteiger partial charge is 0.309 e. The van der Waals surface area contributed by atoms with Gasteiger partial charge in [-0.15, -0.1) is 11.3 Å². The average molecular weight is 516 g/mol. The molecule has 3 nitrogen and oxygen atoms in total. The topological polar surface area (TPSA) is 22.8 Å². The first-order valence-electron chi connectivity index (χ1n) is 13.1. The molecule has 0 radical (unpaired) electrons. The summed E-state index contributed by atoms with van der Waals surface area (Å²) in [7, 11) is 0. The third-order valence-corrected chi connectivity index (χ3v) is 8.91. The van der Waals surface area contributed by atoms with Gasteiger partial charge >= 0.3 is 0 Å². The fourth-order valence-electron chi connectivity index (χ4n) is 6.48. The van der Waals surface area contributed by atoms with Crippen molar-refractivity contribution in [1.29, 1.82) is 0 Å². The molecule has 4 heteroatoms. The van der Waals surface area contributed by atoms with E-state index in [-0.39, 0.29) is 0 Å². The van der Waals surface area contributed by atoms with Gasteiger partial charge in [-0.25, -0.2) is 4.98 Å². The predicted octanol–water partition coefficient (Wildman–Crippen LogP) is 9.64. The van der Waals surface area contributed by atoms with Gasteiger partial charge < -0.3 is 9.13 Å². The van der Waals surface area contributed by atoms with Crippen LogP contribution in [0.25, 0.3) is 76.0 Å². The Hall–Kier alpha value is -4.93. The lowest BCUT2D eigenvalue weighted by molar-refractivity contribution is 1.18. The van der Waals surface area contributed by atoms with Gasteiger partial charge in [0, 0.05) is 27.2 Å². The SMILES string of the molecule is c1ccc(-n2c3ccc4ccccc4c3c3ccc4c(c5ccccc5n4-c4cccc5ncsc45)c32)cc1. The first-order chi connectivity index (χ1) is 19.4. The van der Waals surface area contributed by atoms with Gasteiger partial charge in [-0.1, -0.05) is 78.9 Å². The van der Waals surface area contributed by atoms with Crippen molar-refractivity contribution < 1.29 is 0 Å². The van der Waals surface area contributed by atoms with Crippen LogP contribution in [-0.4, -0.2) is 14.1 Å². The van der Waals surface area contributed by atoms with E-state index in [0.717, 1.165) is 5.52 Å². The van der Waals surface area contributed by atoms with E-state index in [1.54, 1.807) is 11.3 Å². The summed E-state index contributed by atoms with van der Waals surface area (Å²) in [6.45, 7) is 0. The Morgan fingerprint density at radius 2 is 1.28 bits per heavy atom. The highest BCUT2D eigenvalue weighted by Crippen LogP contribution is 2.44. The van der Waals surface area contributed by atoms with Crippen molar-refractivity contribution in [2.45, 2.75) is 0 Å². The molecule has 0 aliphatic carbocycles. The second-order valence-corrected chi connectivity index (χ2v) is 10.9. The van der Waals surface area contributed by atoms with E-state index in [1.165, 1.54) is 70.5 Å². The molecule has 0 aliphatic rings. The number of fused-ring (bicyclic) bond motifs is 10. The number of aromatic nitrogens is 3. The van der Waals surface area contributed by atoms with Crippen molar-refractivity contribution in [3.8, 4) is 11.4 Å². The van der Waals surface area contributed by atoms with E-state index in [2.05, 4.69) is 135 Å². The summed E-state index contributed by atoms with van der Waals surface area (Å²) in [5.74, 6) is 0. The normalized spacial score (nSPS) is 12.1. The first kappa shape index (κ1) is 21.1. The van der Waals surface area contributed by atoms with Crippen molar-refractivity contribution in [2.75, 3.05) is 0 Å². The average Bonchev–Trinajstić information content (AvgIpc) is 3.70. The van der Waals surface area contributed by atoms with Gasteiger partial charge in [-0.05, 0) is 53.2 Å². The standard InChI is InChI=1S/C35H21N3S/c1-2-10-23(11-3-1)37-29-19-17-22-9-4-5-12-24(22)32(29)26-18-20-30-33(34(26)37)25-13-6-7-15-28(25)38(30)31-16-8-14-27-35(31)39-21-36-27/h1-21H. The van der Waals surface area contributed by atoms with E-state index in [9.17, 15) is 0 Å². The van der Waals surface area contributed by atoms with Crippen LogP contribution in [0.3, 0.4) is 0 Å². The molecule has 0 N–H and O–H groups in total. The number of hydrogen-bond acceptors (Lipinski definition) is 2. The Bertz CT molecular complexity index is 2390. The lowest BCUT2D eigenvalue weighted by Gasteiger charge is -2.10. The Balaban J connectivity index is 1.57. The zero-order valence-electron chi connectivity index (χ0n) is 20.9. The number of thiazole rings is 1. The maximum atomic E-state index is 4.61. The van der Waals surface area contributed by atoms with Gasteiger partial charge in [0.1, 0.15) is 0 Å². The Labute approximate surface area is 227 Å². The van der Waals surface area contributed by atoms with Crippen LogP contribution >= 0.6 is 11.3 Å². The molecular weight excluding hydrogens is 494 g/mol. The van der Waals surface area contributed by atoms with Gasteiger partial charge in [0.2, 0.25) is 0 Å². The molecule has 6 aromatic carbocycles. The molecule has 182 valence electrons. The monoisotopic (exact) mass is 515 g/mol. The van der Waals surface area contributed by atoms with Gasteiger partial charge in [0.15, 0.2) is 0 Å². The minimum atomic E-state index is 1.04. The van der Waals surface area contributed by atoms with Crippen LogP contribution in [-0.2, 0) is 0 Å². The van der Waals surface area contributed by atoms with Crippen molar-refractivity contribution in [2.24, 2.45) is 0 Å². The molecule has 0 amide bonds. The summed E-state index contributed by atoms with van der Waals surface area (Å²) >= 11 is 1.70. The summed E-state index contributed by atoms with van der Waals surface area (Å²) in [6, 6.07) is 43.9. The maximum Gasteiger partial charge on any atom is 0.0833 e. The minimum absolute atomic E-state index is 1.04. The summed E-state index contributed by atoms with van der Waals surface area (Å²) in [5.41, 5.74) is 10.2. The van der Waals surface area contributed by atoms with Gasteiger partial charge in [-0.3, -0.25) is 0 Å². The summed E-state index contributed by atoms with van der Waals surface area (Å²) in [6.07, 6.45) is 0. The molecule has 39 heavy (non-hydrogen) atoms. The van der Waals surface area contributed by atoms with Crippen LogP contribution in [0.1, 0.15) is 0 Å². The quantitative estimate of drug-likeness (QED) is 0.225.